The molecule has 11 heteroatoms. The molecule has 0 fully saturated rings. The number of benzene rings is 1. The second-order valence-electron chi connectivity index (χ2n) is 7.01. The molecule has 0 aliphatic heterocycles. The van der Waals surface area contributed by atoms with E-state index in [0.29, 0.717) is 22.2 Å². The van der Waals surface area contributed by atoms with Crippen molar-refractivity contribution < 1.29 is 23.2 Å². The fourth-order valence-corrected chi connectivity index (χ4v) is 4.90. The van der Waals surface area contributed by atoms with E-state index in [-0.39, 0.29) is 29.1 Å². The third-order valence-corrected chi connectivity index (χ3v) is 6.58. The number of thiophene rings is 1. The number of rotatable bonds is 8. The van der Waals surface area contributed by atoms with Crippen LogP contribution in [-0.4, -0.2) is 39.4 Å². The monoisotopic (exact) mass is 494 g/mol. The highest BCUT2D eigenvalue weighted by molar-refractivity contribution is 7.99. The van der Waals surface area contributed by atoms with Gasteiger partial charge in [0.25, 0.3) is 11.1 Å². The van der Waals surface area contributed by atoms with E-state index < -0.39 is 5.97 Å². The lowest BCUT2D eigenvalue weighted by Crippen LogP contribution is -2.16. The number of nitrogens with one attached hydrogen (secondary N) is 2. The first kappa shape index (κ1) is 22.0. The molecule has 1 aromatic carbocycles. The summed E-state index contributed by atoms with van der Waals surface area (Å²) < 4.78 is 16.3. The molecule has 4 heterocycles. The Morgan fingerprint density at radius 1 is 1.18 bits per heavy atom. The molecule has 34 heavy (non-hydrogen) atoms. The van der Waals surface area contributed by atoms with Gasteiger partial charge in [0, 0.05) is 28.0 Å². The molecule has 9 nitrogen and oxygen atoms in total. The summed E-state index contributed by atoms with van der Waals surface area (Å²) in [5.41, 5.74) is 2.59. The van der Waals surface area contributed by atoms with Gasteiger partial charge in [0.15, 0.2) is 0 Å². The van der Waals surface area contributed by atoms with Gasteiger partial charge in [-0.25, -0.2) is 4.79 Å². The number of hydrogen-bond donors (Lipinski definition) is 2. The van der Waals surface area contributed by atoms with Crippen LogP contribution in [0.4, 0.5) is 5.00 Å². The molecule has 4 aromatic heterocycles. The summed E-state index contributed by atoms with van der Waals surface area (Å²) in [4.78, 5) is 28.4. The normalized spacial score (nSPS) is 11.1. The molecular weight excluding hydrogens is 476 g/mol. The summed E-state index contributed by atoms with van der Waals surface area (Å²) in [7, 11) is 0. The van der Waals surface area contributed by atoms with E-state index in [2.05, 4.69) is 20.5 Å². The third-order valence-electron chi connectivity index (χ3n) is 4.86. The van der Waals surface area contributed by atoms with Gasteiger partial charge in [0.05, 0.1) is 24.2 Å². The number of carbonyl (C=O) groups excluding carboxylic acids is 2. The van der Waals surface area contributed by atoms with Crippen molar-refractivity contribution in [3.8, 4) is 22.8 Å². The second-order valence-corrected chi connectivity index (χ2v) is 8.82. The summed E-state index contributed by atoms with van der Waals surface area (Å²) in [6.07, 6.45) is 3.33. The largest absolute Gasteiger partial charge is 0.464 e. The number of furan rings is 1. The molecule has 5 aromatic rings. The predicted molar refractivity (Wildman–Crippen MR) is 129 cm³/mol. The van der Waals surface area contributed by atoms with Crippen molar-refractivity contribution >= 4 is 50.9 Å². The number of aromatic amines is 1. The van der Waals surface area contributed by atoms with Crippen LogP contribution < -0.4 is 5.32 Å². The van der Waals surface area contributed by atoms with E-state index in [1.807, 2.05) is 30.5 Å². The maximum absolute atomic E-state index is 12.6. The van der Waals surface area contributed by atoms with Gasteiger partial charge in [-0.3, -0.25) is 4.79 Å². The molecule has 0 atom stereocenters. The maximum atomic E-state index is 12.6. The van der Waals surface area contributed by atoms with Gasteiger partial charge in [-0.05, 0) is 25.1 Å². The van der Waals surface area contributed by atoms with Crippen molar-refractivity contribution in [2.24, 2.45) is 0 Å². The van der Waals surface area contributed by atoms with Crippen molar-refractivity contribution in [3.05, 3.63) is 59.8 Å². The van der Waals surface area contributed by atoms with Crippen molar-refractivity contribution in [3.63, 3.8) is 0 Å². The fraction of sp³-hybridized carbons (Fsp3) is 0.130. The topological polar surface area (TPSA) is 123 Å². The number of H-pyrrole nitrogens is 1. The van der Waals surface area contributed by atoms with E-state index in [0.717, 1.165) is 28.2 Å². The number of para-hydroxylation sites is 1. The SMILES string of the molecule is CCOC(=O)c1c(-c2ccco2)csc1NC(=O)CSc1nnc(-c2c[nH]c3ccccc23)o1. The molecule has 0 radical (unpaired) electrons. The molecule has 2 N–H and O–H groups in total. The minimum Gasteiger partial charge on any atom is -0.464 e. The van der Waals surface area contributed by atoms with E-state index >= 15 is 0 Å². The Morgan fingerprint density at radius 3 is 2.88 bits per heavy atom. The number of hydrogen-bond acceptors (Lipinski definition) is 9. The number of esters is 1. The Hall–Kier alpha value is -3.83. The van der Waals surface area contributed by atoms with Gasteiger partial charge < -0.3 is 23.9 Å². The van der Waals surface area contributed by atoms with Gasteiger partial charge in [-0.2, -0.15) is 0 Å². The second kappa shape index (κ2) is 9.57. The molecule has 0 saturated carbocycles. The number of aromatic nitrogens is 3. The van der Waals surface area contributed by atoms with Crippen LogP contribution >= 0.6 is 23.1 Å². The lowest BCUT2D eigenvalue weighted by atomic mass is 10.1. The Labute approximate surface area is 201 Å². The van der Waals surface area contributed by atoms with E-state index in [1.54, 1.807) is 24.4 Å². The molecule has 0 spiro atoms. The van der Waals surface area contributed by atoms with Crippen molar-refractivity contribution in [1.82, 2.24) is 15.2 Å². The zero-order valence-electron chi connectivity index (χ0n) is 17.9. The third kappa shape index (κ3) is 4.35. The lowest BCUT2D eigenvalue weighted by Gasteiger charge is -2.07. The van der Waals surface area contributed by atoms with Crippen LogP contribution in [0, 0.1) is 0 Å². The van der Waals surface area contributed by atoms with Crippen LogP contribution in [0.2, 0.25) is 0 Å². The van der Waals surface area contributed by atoms with Crippen LogP contribution in [0.3, 0.4) is 0 Å². The minimum absolute atomic E-state index is 0.0196. The average molecular weight is 495 g/mol. The quantitative estimate of drug-likeness (QED) is 0.216. The van der Waals surface area contributed by atoms with Gasteiger partial charge >= 0.3 is 5.97 Å². The molecular formula is C23H18N4O5S2. The smallest absolute Gasteiger partial charge is 0.341 e. The summed E-state index contributed by atoms with van der Waals surface area (Å²) in [6.45, 7) is 1.94. The summed E-state index contributed by atoms with van der Waals surface area (Å²) >= 11 is 2.33. The first-order chi connectivity index (χ1) is 16.6. The molecule has 5 rings (SSSR count). The highest BCUT2D eigenvalue weighted by atomic mass is 32.2. The highest BCUT2D eigenvalue weighted by Gasteiger charge is 2.24. The Balaban J connectivity index is 1.28. The fourth-order valence-electron chi connectivity index (χ4n) is 3.38. The number of thioether (sulfide) groups is 1. The molecule has 0 aliphatic carbocycles. The van der Waals surface area contributed by atoms with Crippen LogP contribution in [0.1, 0.15) is 17.3 Å². The molecule has 0 aliphatic rings. The van der Waals surface area contributed by atoms with E-state index in [1.165, 1.54) is 17.6 Å². The Kier molecular flexibility index (Phi) is 6.19. The Morgan fingerprint density at radius 2 is 2.06 bits per heavy atom. The molecule has 0 bridgehead atoms. The molecule has 0 saturated heterocycles. The molecule has 0 unspecified atom stereocenters. The summed E-state index contributed by atoms with van der Waals surface area (Å²) in [5.74, 6) is 0.0518. The lowest BCUT2D eigenvalue weighted by molar-refractivity contribution is -0.113. The van der Waals surface area contributed by atoms with Crippen LogP contribution in [0.25, 0.3) is 33.7 Å². The number of ether oxygens (including phenoxy) is 1. The Bertz CT molecular complexity index is 1450. The first-order valence-corrected chi connectivity index (χ1v) is 12.2. The standard InChI is InChI=1S/C23H18N4O5S2/c1-2-30-22(29)19-15(17-8-5-9-31-17)11-33-21(19)25-18(28)12-34-23-27-26-20(32-23)14-10-24-16-7-4-3-6-13(14)16/h3-11,24H,2,12H2,1H3,(H,25,28). The predicted octanol–water partition coefficient (Wildman–Crippen LogP) is 5.45. The van der Waals surface area contributed by atoms with Crippen LogP contribution in [0.15, 0.2) is 68.3 Å². The maximum Gasteiger partial charge on any atom is 0.341 e. The van der Waals surface area contributed by atoms with Crippen molar-refractivity contribution in [2.75, 3.05) is 17.7 Å². The van der Waals surface area contributed by atoms with Crippen molar-refractivity contribution in [1.29, 1.82) is 0 Å². The average Bonchev–Trinajstić information content (AvgIpc) is 3.63. The van der Waals surface area contributed by atoms with Gasteiger partial charge in [-0.1, -0.05) is 30.0 Å². The number of carbonyl (C=O) groups is 2. The van der Waals surface area contributed by atoms with Gasteiger partial charge in [0.1, 0.15) is 16.3 Å². The number of amides is 1. The first-order valence-electron chi connectivity index (χ1n) is 10.3. The number of anilines is 1. The zero-order chi connectivity index (χ0) is 23.5. The minimum atomic E-state index is -0.529. The molecule has 1 amide bonds. The van der Waals surface area contributed by atoms with E-state index in [4.69, 9.17) is 13.6 Å². The highest BCUT2D eigenvalue weighted by Crippen LogP contribution is 2.37. The summed E-state index contributed by atoms with van der Waals surface area (Å²) in [6, 6.07) is 11.3. The van der Waals surface area contributed by atoms with E-state index in [9.17, 15) is 9.59 Å². The summed E-state index contributed by atoms with van der Waals surface area (Å²) in [5, 5.41) is 14.3. The zero-order valence-corrected chi connectivity index (χ0v) is 19.5. The van der Waals surface area contributed by atoms with Crippen LogP contribution in [0.5, 0.6) is 0 Å². The van der Waals surface area contributed by atoms with Gasteiger partial charge in [0.2, 0.25) is 5.91 Å². The number of nitrogens with zero attached hydrogens (tertiary/aromatic N) is 2. The van der Waals surface area contributed by atoms with Crippen LogP contribution in [-0.2, 0) is 9.53 Å². The van der Waals surface area contributed by atoms with Crippen molar-refractivity contribution in [2.45, 2.75) is 12.1 Å². The molecule has 172 valence electrons. The number of fused-ring (bicyclic) bond motifs is 1. The van der Waals surface area contributed by atoms with Gasteiger partial charge in [-0.15, -0.1) is 21.5 Å².